The van der Waals surface area contributed by atoms with Gasteiger partial charge in [0.15, 0.2) is 11.7 Å². The van der Waals surface area contributed by atoms with Gasteiger partial charge in [-0.3, -0.25) is 4.99 Å². The Kier molecular flexibility index (Phi) is 8.56. The molecule has 1 aromatic heterocycles. The van der Waals surface area contributed by atoms with Crippen LogP contribution in [0, 0.1) is 0 Å². The minimum absolute atomic E-state index is 0.412. The van der Waals surface area contributed by atoms with Gasteiger partial charge >= 0.3 is 6.18 Å². The summed E-state index contributed by atoms with van der Waals surface area (Å²) in [6.45, 7) is 3.77. The van der Waals surface area contributed by atoms with Crippen LogP contribution in [0.4, 0.5) is 13.2 Å². The number of alkyl halides is 3. The van der Waals surface area contributed by atoms with Crippen molar-refractivity contribution in [1.82, 2.24) is 15.6 Å². The van der Waals surface area contributed by atoms with E-state index >= 15 is 0 Å². The highest BCUT2D eigenvalue weighted by atomic mass is 32.1. The zero-order chi connectivity index (χ0) is 20.4. The fourth-order valence-corrected chi connectivity index (χ4v) is 3.29. The summed E-state index contributed by atoms with van der Waals surface area (Å²) in [4.78, 5) is 8.14. The van der Waals surface area contributed by atoms with E-state index in [1.165, 1.54) is 5.56 Å². The summed E-state index contributed by atoms with van der Waals surface area (Å²) in [6, 6.07) is 7.94. The molecule has 0 fully saturated rings. The summed E-state index contributed by atoms with van der Waals surface area (Å²) in [5.41, 5.74) is 0.363. The second kappa shape index (κ2) is 10.9. The lowest BCUT2D eigenvalue weighted by molar-refractivity contribution is -0.140. The van der Waals surface area contributed by atoms with Crippen molar-refractivity contribution in [2.75, 3.05) is 26.7 Å². The summed E-state index contributed by atoms with van der Waals surface area (Å²) in [7, 11) is 1.65. The van der Waals surface area contributed by atoms with E-state index in [4.69, 9.17) is 4.74 Å². The van der Waals surface area contributed by atoms with Crippen LogP contribution in [0.15, 0.2) is 34.6 Å². The third-order valence-corrected chi connectivity index (χ3v) is 4.75. The zero-order valence-corrected chi connectivity index (χ0v) is 16.8. The fourth-order valence-electron chi connectivity index (χ4n) is 2.49. The number of ether oxygens (including phenoxy) is 1. The van der Waals surface area contributed by atoms with Crippen molar-refractivity contribution >= 4 is 17.3 Å². The Morgan fingerprint density at radius 1 is 1.25 bits per heavy atom. The van der Waals surface area contributed by atoms with Gasteiger partial charge in [-0.1, -0.05) is 12.1 Å². The van der Waals surface area contributed by atoms with Crippen LogP contribution in [-0.2, 0) is 19.0 Å². The van der Waals surface area contributed by atoms with Crippen LogP contribution in [0.2, 0.25) is 0 Å². The predicted octanol–water partition coefficient (Wildman–Crippen LogP) is 3.90. The first-order chi connectivity index (χ1) is 13.4. The molecule has 5 nitrogen and oxygen atoms in total. The van der Waals surface area contributed by atoms with Gasteiger partial charge in [0.1, 0.15) is 5.75 Å². The van der Waals surface area contributed by atoms with E-state index in [2.05, 4.69) is 26.7 Å². The Balaban J connectivity index is 1.77. The molecule has 0 aliphatic carbocycles. The highest BCUT2D eigenvalue weighted by Crippen LogP contribution is 2.29. The van der Waals surface area contributed by atoms with Crippen molar-refractivity contribution < 1.29 is 17.9 Å². The van der Waals surface area contributed by atoms with E-state index in [-0.39, 0.29) is 0 Å². The van der Waals surface area contributed by atoms with Crippen molar-refractivity contribution in [2.24, 2.45) is 4.99 Å². The molecule has 0 saturated heterocycles. The average molecular weight is 414 g/mol. The van der Waals surface area contributed by atoms with Crippen molar-refractivity contribution in [1.29, 1.82) is 0 Å². The Morgan fingerprint density at radius 3 is 2.75 bits per heavy atom. The number of aryl methyl sites for hydroxylation is 1. The summed E-state index contributed by atoms with van der Waals surface area (Å²) in [5, 5.41) is 7.78. The zero-order valence-electron chi connectivity index (χ0n) is 16.0. The Labute approximate surface area is 167 Å². The monoisotopic (exact) mass is 414 g/mol. The van der Waals surface area contributed by atoms with Crippen LogP contribution in [0.1, 0.15) is 29.6 Å². The van der Waals surface area contributed by atoms with Crippen molar-refractivity contribution in [3.8, 4) is 5.75 Å². The summed E-state index contributed by atoms with van der Waals surface area (Å²) in [6.07, 6.45) is -2.21. The number of aromatic nitrogens is 1. The lowest BCUT2D eigenvalue weighted by Crippen LogP contribution is -2.38. The molecule has 2 aromatic rings. The molecule has 0 atom stereocenters. The normalized spacial score (nSPS) is 12.1. The number of aliphatic imine (C=N–C) groups is 1. The topological polar surface area (TPSA) is 58.5 Å². The average Bonchev–Trinajstić information content (AvgIpc) is 3.15. The van der Waals surface area contributed by atoms with E-state index in [9.17, 15) is 13.2 Å². The maximum atomic E-state index is 12.6. The molecule has 0 unspecified atom stereocenters. The van der Waals surface area contributed by atoms with Gasteiger partial charge in [-0.2, -0.15) is 13.2 Å². The molecule has 0 spiro atoms. The molecule has 1 aromatic carbocycles. The maximum Gasteiger partial charge on any atom is 0.434 e. The van der Waals surface area contributed by atoms with Gasteiger partial charge in [0.2, 0.25) is 0 Å². The fraction of sp³-hybridized carbons (Fsp3) is 0.474. The molecule has 0 aliphatic rings. The highest BCUT2D eigenvalue weighted by Gasteiger charge is 2.33. The van der Waals surface area contributed by atoms with Gasteiger partial charge in [-0.05, 0) is 37.5 Å². The number of thiazole rings is 1. The standard InChI is InChI=1S/C19H25F3N4OS/c1-3-23-18(24-10-5-7-14-6-4-8-15(12-14)27-2)25-11-9-17-26-16(13-28-17)19(20,21)22/h4,6,8,12-13H,3,5,7,9-11H2,1-2H3,(H2,23,24,25). The van der Waals surface area contributed by atoms with Crippen molar-refractivity contribution in [2.45, 2.75) is 32.4 Å². The van der Waals surface area contributed by atoms with Gasteiger partial charge in [-0.15, -0.1) is 11.3 Å². The second-order valence-electron chi connectivity index (χ2n) is 6.02. The van der Waals surface area contributed by atoms with Crippen molar-refractivity contribution in [3.63, 3.8) is 0 Å². The van der Waals surface area contributed by atoms with Crippen LogP contribution in [-0.4, -0.2) is 37.7 Å². The third kappa shape index (κ3) is 7.38. The Bertz CT molecular complexity index is 762. The SMILES string of the molecule is CCNC(=NCCCc1cccc(OC)c1)NCCc1nc(C(F)(F)F)cs1. The highest BCUT2D eigenvalue weighted by molar-refractivity contribution is 7.09. The minimum Gasteiger partial charge on any atom is -0.497 e. The van der Waals surface area contributed by atoms with Gasteiger partial charge in [-0.25, -0.2) is 4.98 Å². The largest absolute Gasteiger partial charge is 0.497 e. The number of halogens is 3. The van der Waals surface area contributed by atoms with Gasteiger partial charge in [0.05, 0.1) is 12.1 Å². The molecule has 2 rings (SSSR count). The summed E-state index contributed by atoms with van der Waals surface area (Å²) < 4.78 is 43.0. The number of nitrogens with zero attached hydrogens (tertiary/aromatic N) is 2. The lowest BCUT2D eigenvalue weighted by Gasteiger charge is -2.10. The first kappa shape index (κ1) is 22.0. The van der Waals surface area contributed by atoms with E-state index in [0.717, 1.165) is 35.3 Å². The molecular weight excluding hydrogens is 389 g/mol. The first-order valence-corrected chi connectivity index (χ1v) is 9.97. The van der Waals surface area contributed by atoms with Crippen molar-refractivity contribution in [3.05, 3.63) is 45.9 Å². The molecule has 0 bridgehead atoms. The van der Waals surface area contributed by atoms with E-state index < -0.39 is 11.9 Å². The Morgan fingerprint density at radius 2 is 2.07 bits per heavy atom. The maximum absolute atomic E-state index is 12.6. The lowest BCUT2D eigenvalue weighted by atomic mass is 10.1. The quantitative estimate of drug-likeness (QED) is 0.371. The smallest absolute Gasteiger partial charge is 0.434 e. The van der Waals surface area contributed by atoms with Gasteiger partial charge < -0.3 is 15.4 Å². The number of hydrogen-bond donors (Lipinski definition) is 2. The molecule has 0 radical (unpaired) electrons. The van der Waals surface area contributed by atoms with Gasteiger partial charge in [0.25, 0.3) is 0 Å². The number of nitrogens with one attached hydrogen (secondary N) is 2. The van der Waals surface area contributed by atoms with Gasteiger partial charge in [0, 0.05) is 31.4 Å². The predicted molar refractivity (Wildman–Crippen MR) is 106 cm³/mol. The molecule has 0 aliphatic heterocycles. The van der Waals surface area contributed by atoms with E-state index in [1.54, 1.807) is 7.11 Å². The minimum atomic E-state index is -4.39. The molecule has 28 heavy (non-hydrogen) atoms. The summed E-state index contributed by atoms with van der Waals surface area (Å²) in [5.74, 6) is 1.49. The van der Waals surface area contributed by atoms with Crippen LogP contribution in [0.3, 0.4) is 0 Å². The summed E-state index contributed by atoms with van der Waals surface area (Å²) >= 11 is 1.02. The Hall–Kier alpha value is -2.29. The molecule has 154 valence electrons. The molecule has 9 heteroatoms. The number of rotatable bonds is 9. The molecule has 0 amide bonds. The van der Waals surface area contributed by atoms with Crippen LogP contribution < -0.4 is 15.4 Å². The van der Waals surface area contributed by atoms with E-state index in [1.807, 2.05) is 25.1 Å². The van der Waals surface area contributed by atoms with E-state index in [0.29, 0.717) is 37.0 Å². The number of hydrogen-bond acceptors (Lipinski definition) is 4. The number of methoxy groups -OCH3 is 1. The third-order valence-electron chi connectivity index (χ3n) is 3.85. The number of benzene rings is 1. The molecule has 2 N–H and O–H groups in total. The number of guanidine groups is 1. The molecule has 0 saturated carbocycles. The second-order valence-corrected chi connectivity index (χ2v) is 6.96. The molecular formula is C19H25F3N4OS. The molecule has 1 heterocycles. The van der Waals surface area contributed by atoms with Crippen LogP contribution in [0.5, 0.6) is 5.75 Å². The van der Waals surface area contributed by atoms with Crippen LogP contribution >= 0.6 is 11.3 Å². The van der Waals surface area contributed by atoms with Crippen LogP contribution in [0.25, 0.3) is 0 Å². The first-order valence-electron chi connectivity index (χ1n) is 9.09.